The van der Waals surface area contributed by atoms with Crippen molar-refractivity contribution in [2.45, 2.75) is 45.6 Å². The van der Waals surface area contributed by atoms with E-state index in [0.717, 1.165) is 32.4 Å². The Hall–Kier alpha value is -0.570. The van der Waals surface area contributed by atoms with Gasteiger partial charge in [-0.25, -0.2) is 0 Å². The predicted molar refractivity (Wildman–Crippen MR) is 58.1 cm³/mol. The molecule has 82 valence electrons. The minimum atomic E-state index is 0.222. The Bertz CT molecular complexity index is 176. The van der Waals surface area contributed by atoms with E-state index in [-0.39, 0.29) is 5.91 Å². The first-order valence-electron chi connectivity index (χ1n) is 5.72. The topological polar surface area (TPSA) is 41.1 Å². The lowest BCUT2D eigenvalue weighted by molar-refractivity contribution is -0.122. The van der Waals surface area contributed by atoms with Gasteiger partial charge < -0.3 is 10.6 Å². The van der Waals surface area contributed by atoms with E-state index in [1.807, 2.05) is 0 Å². The number of carbonyl (C=O) groups excluding carboxylic acids is 1. The standard InChI is InChI=1S/C11H22N2O/c1-3-4-9(2)13-11(14)7-10-5-6-12-8-10/h9-10,12H,3-8H2,1-2H3,(H,13,14). The van der Waals surface area contributed by atoms with E-state index < -0.39 is 0 Å². The van der Waals surface area contributed by atoms with E-state index in [2.05, 4.69) is 24.5 Å². The summed E-state index contributed by atoms with van der Waals surface area (Å²) in [5.74, 6) is 0.781. The molecule has 1 aliphatic heterocycles. The average Bonchev–Trinajstić information content (AvgIpc) is 2.56. The van der Waals surface area contributed by atoms with Crippen LogP contribution >= 0.6 is 0 Å². The molecule has 2 unspecified atom stereocenters. The Morgan fingerprint density at radius 3 is 3.00 bits per heavy atom. The molecule has 0 aliphatic carbocycles. The lowest BCUT2D eigenvalue weighted by atomic mass is 10.0. The quantitative estimate of drug-likeness (QED) is 0.699. The lowest BCUT2D eigenvalue weighted by Crippen LogP contribution is -2.33. The van der Waals surface area contributed by atoms with E-state index in [1.165, 1.54) is 0 Å². The highest BCUT2D eigenvalue weighted by atomic mass is 16.1. The molecular formula is C11H22N2O. The molecule has 2 N–H and O–H groups in total. The molecule has 1 aliphatic rings. The zero-order chi connectivity index (χ0) is 10.4. The van der Waals surface area contributed by atoms with Crippen LogP contribution in [0.1, 0.15) is 39.5 Å². The Balaban J connectivity index is 2.14. The summed E-state index contributed by atoms with van der Waals surface area (Å²) >= 11 is 0. The SMILES string of the molecule is CCCC(C)NC(=O)CC1CCNC1. The van der Waals surface area contributed by atoms with Gasteiger partial charge in [0.25, 0.3) is 0 Å². The fraction of sp³-hybridized carbons (Fsp3) is 0.909. The molecule has 0 aromatic heterocycles. The molecule has 0 saturated carbocycles. The molecule has 1 heterocycles. The zero-order valence-corrected chi connectivity index (χ0v) is 9.31. The average molecular weight is 198 g/mol. The van der Waals surface area contributed by atoms with Crippen molar-refractivity contribution < 1.29 is 4.79 Å². The van der Waals surface area contributed by atoms with Crippen molar-refractivity contribution in [3.63, 3.8) is 0 Å². The smallest absolute Gasteiger partial charge is 0.220 e. The predicted octanol–water partition coefficient (Wildman–Crippen LogP) is 1.29. The maximum Gasteiger partial charge on any atom is 0.220 e. The van der Waals surface area contributed by atoms with Gasteiger partial charge in [-0.15, -0.1) is 0 Å². The second-order valence-electron chi connectivity index (χ2n) is 4.32. The molecule has 2 atom stereocenters. The molecule has 3 heteroatoms. The van der Waals surface area contributed by atoms with Crippen LogP contribution in [0.15, 0.2) is 0 Å². The highest BCUT2D eigenvalue weighted by Crippen LogP contribution is 2.11. The maximum atomic E-state index is 11.5. The summed E-state index contributed by atoms with van der Waals surface area (Å²) in [6.07, 6.45) is 4.05. The number of carbonyl (C=O) groups is 1. The number of hydrogen-bond acceptors (Lipinski definition) is 2. The van der Waals surface area contributed by atoms with Gasteiger partial charge in [0.2, 0.25) is 5.91 Å². The lowest BCUT2D eigenvalue weighted by Gasteiger charge is -2.14. The molecule has 0 spiro atoms. The van der Waals surface area contributed by atoms with Crippen molar-refractivity contribution >= 4 is 5.91 Å². The Kier molecular flexibility index (Phi) is 4.94. The van der Waals surface area contributed by atoms with Crippen LogP contribution in [0.25, 0.3) is 0 Å². The number of amides is 1. The van der Waals surface area contributed by atoms with E-state index >= 15 is 0 Å². The van der Waals surface area contributed by atoms with Crippen molar-refractivity contribution in [3.05, 3.63) is 0 Å². The highest BCUT2D eigenvalue weighted by molar-refractivity contribution is 5.76. The first kappa shape index (κ1) is 11.5. The van der Waals surface area contributed by atoms with Crippen LogP contribution in [-0.4, -0.2) is 25.0 Å². The Morgan fingerprint density at radius 1 is 1.64 bits per heavy atom. The first-order chi connectivity index (χ1) is 6.72. The summed E-state index contributed by atoms with van der Waals surface area (Å²) < 4.78 is 0. The normalized spacial score (nSPS) is 23.4. The summed E-state index contributed by atoms with van der Waals surface area (Å²) in [7, 11) is 0. The van der Waals surface area contributed by atoms with Gasteiger partial charge in [0.15, 0.2) is 0 Å². The second-order valence-corrected chi connectivity index (χ2v) is 4.32. The third-order valence-electron chi connectivity index (χ3n) is 2.77. The van der Waals surface area contributed by atoms with Crippen LogP contribution in [0.2, 0.25) is 0 Å². The van der Waals surface area contributed by atoms with Crippen LogP contribution in [0.4, 0.5) is 0 Å². The monoisotopic (exact) mass is 198 g/mol. The molecule has 1 saturated heterocycles. The molecule has 1 amide bonds. The molecule has 0 aromatic carbocycles. The Morgan fingerprint density at radius 2 is 2.43 bits per heavy atom. The zero-order valence-electron chi connectivity index (χ0n) is 9.31. The third kappa shape index (κ3) is 4.09. The largest absolute Gasteiger partial charge is 0.354 e. The summed E-state index contributed by atoms with van der Waals surface area (Å²) in [5, 5.41) is 6.32. The van der Waals surface area contributed by atoms with Crippen LogP contribution in [0.5, 0.6) is 0 Å². The summed E-state index contributed by atoms with van der Waals surface area (Å²) in [6, 6.07) is 0.335. The molecule has 1 rings (SSSR count). The second kappa shape index (κ2) is 6.02. The van der Waals surface area contributed by atoms with Crippen molar-refractivity contribution in [1.82, 2.24) is 10.6 Å². The van der Waals surface area contributed by atoms with Crippen molar-refractivity contribution in [2.75, 3.05) is 13.1 Å². The van der Waals surface area contributed by atoms with E-state index in [9.17, 15) is 4.79 Å². The first-order valence-corrected chi connectivity index (χ1v) is 5.72. The summed E-state index contributed by atoms with van der Waals surface area (Å²) in [5.41, 5.74) is 0. The highest BCUT2D eigenvalue weighted by Gasteiger charge is 2.18. The third-order valence-corrected chi connectivity index (χ3v) is 2.77. The van der Waals surface area contributed by atoms with Gasteiger partial charge >= 0.3 is 0 Å². The van der Waals surface area contributed by atoms with Gasteiger partial charge in [0.1, 0.15) is 0 Å². The fourth-order valence-electron chi connectivity index (χ4n) is 1.99. The maximum absolute atomic E-state index is 11.5. The molecular weight excluding hydrogens is 176 g/mol. The minimum Gasteiger partial charge on any atom is -0.354 e. The summed E-state index contributed by atoms with van der Waals surface area (Å²) in [4.78, 5) is 11.5. The molecule has 0 bridgehead atoms. The van der Waals surface area contributed by atoms with E-state index in [1.54, 1.807) is 0 Å². The van der Waals surface area contributed by atoms with Crippen molar-refractivity contribution in [2.24, 2.45) is 5.92 Å². The molecule has 14 heavy (non-hydrogen) atoms. The van der Waals surface area contributed by atoms with Gasteiger partial charge in [-0.2, -0.15) is 0 Å². The number of hydrogen-bond donors (Lipinski definition) is 2. The molecule has 0 radical (unpaired) electrons. The van der Waals surface area contributed by atoms with E-state index in [0.29, 0.717) is 18.4 Å². The van der Waals surface area contributed by atoms with Crippen LogP contribution < -0.4 is 10.6 Å². The minimum absolute atomic E-state index is 0.222. The van der Waals surface area contributed by atoms with Crippen LogP contribution in [-0.2, 0) is 4.79 Å². The molecule has 0 aromatic rings. The van der Waals surface area contributed by atoms with Crippen LogP contribution in [0.3, 0.4) is 0 Å². The van der Waals surface area contributed by atoms with Gasteiger partial charge in [-0.1, -0.05) is 13.3 Å². The van der Waals surface area contributed by atoms with Crippen molar-refractivity contribution in [3.8, 4) is 0 Å². The summed E-state index contributed by atoms with van der Waals surface area (Å²) in [6.45, 7) is 6.30. The van der Waals surface area contributed by atoms with E-state index in [4.69, 9.17) is 0 Å². The van der Waals surface area contributed by atoms with Gasteiger partial charge in [-0.3, -0.25) is 4.79 Å². The Labute approximate surface area is 86.6 Å². The van der Waals surface area contributed by atoms with Gasteiger partial charge in [0.05, 0.1) is 0 Å². The molecule has 3 nitrogen and oxygen atoms in total. The van der Waals surface area contributed by atoms with Gasteiger partial charge in [0, 0.05) is 12.5 Å². The molecule has 1 fully saturated rings. The van der Waals surface area contributed by atoms with Gasteiger partial charge in [-0.05, 0) is 38.8 Å². The number of rotatable bonds is 5. The van der Waals surface area contributed by atoms with Crippen molar-refractivity contribution in [1.29, 1.82) is 0 Å². The van der Waals surface area contributed by atoms with Crippen LogP contribution in [0, 0.1) is 5.92 Å². The number of nitrogens with one attached hydrogen (secondary N) is 2. The fourth-order valence-corrected chi connectivity index (χ4v) is 1.99.